The Morgan fingerprint density at radius 3 is 2.83 bits per heavy atom. The highest BCUT2D eigenvalue weighted by molar-refractivity contribution is 6.33. The van der Waals surface area contributed by atoms with Crippen molar-refractivity contribution in [2.45, 2.75) is 18.6 Å². The zero-order valence-corrected chi connectivity index (χ0v) is 13.3. The van der Waals surface area contributed by atoms with Gasteiger partial charge in [-0.25, -0.2) is 4.79 Å². The fourth-order valence-corrected chi connectivity index (χ4v) is 3.62. The predicted octanol–water partition coefficient (Wildman–Crippen LogP) is 4.00. The van der Waals surface area contributed by atoms with Gasteiger partial charge in [0.1, 0.15) is 5.60 Å². The van der Waals surface area contributed by atoms with Crippen LogP contribution in [0.25, 0.3) is 0 Å². The molecular weight excluding hydrogens is 312 g/mol. The molecule has 2 heterocycles. The number of para-hydroxylation sites is 1. The summed E-state index contributed by atoms with van der Waals surface area (Å²) in [6.07, 6.45) is 0.819. The molecule has 0 unspecified atom stereocenters. The molecule has 2 aliphatic rings. The minimum atomic E-state index is -0.353. The summed E-state index contributed by atoms with van der Waals surface area (Å²) < 4.78 is 6.08. The Balaban J connectivity index is 1.51. The molecule has 0 radical (unpaired) electrons. The molecule has 1 atom stereocenters. The largest absolute Gasteiger partial charge is 0.364 e. The standard InChI is InChI=1S/C18H17ClN2O2/c19-15-7-3-4-8-16(15)20-17(22)21-10-9-18(12-21)14-6-2-1-5-13(14)11-23-18/h1-8H,9-12H2,(H,20,22)/t18-/m1/s1. The van der Waals surface area contributed by atoms with Crippen LogP contribution in [0.15, 0.2) is 48.5 Å². The van der Waals surface area contributed by atoms with Crippen molar-refractivity contribution in [1.29, 1.82) is 0 Å². The molecule has 1 spiro atoms. The number of nitrogens with one attached hydrogen (secondary N) is 1. The average molecular weight is 329 g/mol. The van der Waals surface area contributed by atoms with Gasteiger partial charge in [-0.3, -0.25) is 0 Å². The third-order valence-corrected chi connectivity index (χ3v) is 4.98. The SMILES string of the molecule is O=C(Nc1ccccc1Cl)N1CC[C@]2(C1)OCc1ccccc12. The minimum absolute atomic E-state index is 0.136. The number of halogens is 1. The molecule has 1 N–H and O–H groups in total. The first-order valence-corrected chi connectivity index (χ1v) is 8.09. The lowest BCUT2D eigenvalue weighted by atomic mass is 9.92. The number of hydrogen-bond acceptors (Lipinski definition) is 2. The highest BCUT2D eigenvalue weighted by Gasteiger charge is 2.46. The van der Waals surface area contributed by atoms with E-state index in [1.54, 1.807) is 17.0 Å². The van der Waals surface area contributed by atoms with Gasteiger partial charge >= 0.3 is 6.03 Å². The van der Waals surface area contributed by atoms with E-state index in [2.05, 4.69) is 17.4 Å². The third kappa shape index (κ3) is 2.48. The molecule has 2 aliphatic heterocycles. The maximum Gasteiger partial charge on any atom is 0.321 e. The van der Waals surface area contributed by atoms with Crippen LogP contribution in [0.1, 0.15) is 17.5 Å². The molecule has 2 aromatic carbocycles. The van der Waals surface area contributed by atoms with E-state index in [0.29, 0.717) is 30.4 Å². The number of carbonyl (C=O) groups is 1. The first kappa shape index (κ1) is 14.5. The van der Waals surface area contributed by atoms with Crippen molar-refractivity contribution < 1.29 is 9.53 Å². The van der Waals surface area contributed by atoms with Crippen molar-refractivity contribution in [3.05, 3.63) is 64.7 Å². The maximum atomic E-state index is 12.5. The fourth-order valence-electron chi connectivity index (χ4n) is 3.43. The number of urea groups is 1. The second-order valence-electron chi connectivity index (χ2n) is 6.02. The van der Waals surface area contributed by atoms with Crippen LogP contribution in [-0.2, 0) is 16.9 Å². The van der Waals surface area contributed by atoms with Crippen molar-refractivity contribution >= 4 is 23.3 Å². The summed E-state index contributed by atoms with van der Waals surface area (Å²) in [4.78, 5) is 14.3. The molecule has 0 aromatic heterocycles. The van der Waals surface area contributed by atoms with Gasteiger partial charge in [0, 0.05) is 13.0 Å². The van der Waals surface area contributed by atoms with Crippen molar-refractivity contribution in [3.8, 4) is 0 Å². The van der Waals surface area contributed by atoms with E-state index in [-0.39, 0.29) is 11.6 Å². The van der Waals surface area contributed by atoms with Crippen LogP contribution in [0.2, 0.25) is 5.02 Å². The Labute approximate surface area is 140 Å². The molecule has 5 heteroatoms. The number of benzene rings is 2. The quantitative estimate of drug-likeness (QED) is 0.859. The minimum Gasteiger partial charge on any atom is -0.364 e. The Bertz CT molecular complexity index is 764. The molecule has 2 amide bonds. The van der Waals surface area contributed by atoms with Gasteiger partial charge in [-0.1, -0.05) is 48.0 Å². The van der Waals surface area contributed by atoms with Crippen LogP contribution in [-0.4, -0.2) is 24.0 Å². The van der Waals surface area contributed by atoms with Crippen molar-refractivity contribution in [2.75, 3.05) is 18.4 Å². The van der Waals surface area contributed by atoms with Crippen LogP contribution < -0.4 is 5.32 Å². The Hall–Kier alpha value is -2.04. The van der Waals surface area contributed by atoms with E-state index >= 15 is 0 Å². The van der Waals surface area contributed by atoms with E-state index in [9.17, 15) is 4.79 Å². The van der Waals surface area contributed by atoms with Gasteiger partial charge in [0.2, 0.25) is 0 Å². The smallest absolute Gasteiger partial charge is 0.321 e. The fraction of sp³-hybridized carbons (Fsp3) is 0.278. The number of amides is 2. The number of rotatable bonds is 1. The lowest BCUT2D eigenvalue weighted by Gasteiger charge is -2.25. The van der Waals surface area contributed by atoms with Gasteiger partial charge < -0.3 is 15.0 Å². The van der Waals surface area contributed by atoms with Crippen LogP contribution in [0.3, 0.4) is 0 Å². The molecule has 0 aliphatic carbocycles. The lowest BCUT2D eigenvalue weighted by molar-refractivity contribution is -0.0269. The molecule has 4 rings (SSSR count). The monoisotopic (exact) mass is 328 g/mol. The summed E-state index contributed by atoms with van der Waals surface area (Å²) in [6, 6.07) is 15.4. The van der Waals surface area contributed by atoms with E-state index in [4.69, 9.17) is 16.3 Å². The maximum absolute atomic E-state index is 12.5. The number of anilines is 1. The van der Waals surface area contributed by atoms with Gasteiger partial charge in [0.15, 0.2) is 0 Å². The van der Waals surface area contributed by atoms with E-state index in [0.717, 1.165) is 6.42 Å². The zero-order chi connectivity index (χ0) is 15.9. The summed E-state index contributed by atoms with van der Waals surface area (Å²) in [5.41, 5.74) is 2.72. The second-order valence-corrected chi connectivity index (χ2v) is 6.43. The molecular formula is C18H17ClN2O2. The first-order valence-electron chi connectivity index (χ1n) is 7.71. The van der Waals surface area contributed by atoms with Gasteiger partial charge in [0.05, 0.1) is 23.9 Å². The van der Waals surface area contributed by atoms with Crippen molar-refractivity contribution in [1.82, 2.24) is 4.90 Å². The van der Waals surface area contributed by atoms with Crippen molar-refractivity contribution in [3.63, 3.8) is 0 Å². The molecule has 2 aromatic rings. The summed E-state index contributed by atoms with van der Waals surface area (Å²) >= 11 is 6.10. The van der Waals surface area contributed by atoms with Gasteiger partial charge in [-0.05, 0) is 23.3 Å². The summed E-state index contributed by atoms with van der Waals surface area (Å²) in [7, 11) is 0. The van der Waals surface area contributed by atoms with E-state index in [1.807, 2.05) is 24.3 Å². The van der Waals surface area contributed by atoms with Crippen molar-refractivity contribution in [2.24, 2.45) is 0 Å². The number of ether oxygens (including phenoxy) is 1. The molecule has 23 heavy (non-hydrogen) atoms. The summed E-state index contributed by atoms with van der Waals surface area (Å²) in [5.74, 6) is 0. The van der Waals surface area contributed by atoms with Gasteiger partial charge in [-0.2, -0.15) is 0 Å². The Morgan fingerprint density at radius 2 is 1.96 bits per heavy atom. The second kappa shape index (κ2) is 5.55. The Kier molecular flexibility index (Phi) is 3.51. The number of carbonyl (C=O) groups excluding carboxylic acids is 1. The summed E-state index contributed by atoms with van der Waals surface area (Å²) in [6.45, 7) is 1.86. The van der Waals surface area contributed by atoms with Crippen LogP contribution in [0.4, 0.5) is 10.5 Å². The first-order chi connectivity index (χ1) is 11.2. The Morgan fingerprint density at radius 1 is 1.17 bits per heavy atom. The molecule has 0 saturated carbocycles. The third-order valence-electron chi connectivity index (χ3n) is 4.65. The van der Waals surface area contributed by atoms with E-state index < -0.39 is 0 Å². The molecule has 118 valence electrons. The van der Waals surface area contributed by atoms with Crippen LogP contribution >= 0.6 is 11.6 Å². The highest BCUT2D eigenvalue weighted by atomic mass is 35.5. The topological polar surface area (TPSA) is 41.6 Å². The number of nitrogens with zero attached hydrogens (tertiary/aromatic N) is 1. The number of fused-ring (bicyclic) bond motifs is 2. The van der Waals surface area contributed by atoms with E-state index in [1.165, 1.54) is 11.1 Å². The average Bonchev–Trinajstić information content (AvgIpc) is 3.16. The predicted molar refractivity (Wildman–Crippen MR) is 89.6 cm³/mol. The van der Waals surface area contributed by atoms with Crippen LogP contribution in [0, 0.1) is 0 Å². The molecule has 0 bridgehead atoms. The summed E-state index contributed by atoms with van der Waals surface area (Å²) in [5, 5.41) is 3.42. The number of hydrogen-bond donors (Lipinski definition) is 1. The molecule has 4 nitrogen and oxygen atoms in total. The van der Waals surface area contributed by atoms with Gasteiger partial charge in [-0.15, -0.1) is 0 Å². The zero-order valence-electron chi connectivity index (χ0n) is 12.6. The van der Waals surface area contributed by atoms with Gasteiger partial charge in [0.25, 0.3) is 0 Å². The number of likely N-dealkylation sites (tertiary alicyclic amines) is 1. The van der Waals surface area contributed by atoms with Crippen LogP contribution in [0.5, 0.6) is 0 Å². The molecule has 1 fully saturated rings. The molecule has 1 saturated heterocycles. The lowest BCUT2D eigenvalue weighted by Crippen LogP contribution is -2.36. The normalized spacial score (nSPS) is 22.4. The highest BCUT2D eigenvalue weighted by Crippen LogP contribution is 2.43.